The van der Waals surface area contributed by atoms with Gasteiger partial charge in [0.25, 0.3) is 0 Å². The summed E-state index contributed by atoms with van der Waals surface area (Å²) in [4.78, 5) is 0. The fraction of sp³-hybridized carbons (Fsp3) is 0. The van der Waals surface area contributed by atoms with Gasteiger partial charge in [-0.25, -0.2) is 0 Å². The zero-order chi connectivity index (χ0) is 13.2. The van der Waals surface area contributed by atoms with Crippen molar-refractivity contribution in [2.45, 2.75) is 0 Å². The average Bonchev–Trinajstić information content (AvgIpc) is 3.09. The van der Waals surface area contributed by atoms with Crippen LogP contribution in [-0.4, -0.2) is 0 Å². The summed E-state index contributed by atoms with van der Waals surface area (Å²) in [5, 5.41) is 25.8. The van der Waals surface area contributed by atoms with Crippen LogP contribution in [0.5, 0.6) is 0 Å². The Kier molecular flexibility index (Phi) is 9.92. The van der Waals surface area contributed by atoms with Gasteiger partial charge < -0.3 is 0 Å². The molecule has 2 rings (SSSR count). The number of allylic oxidation sites excluding steroid dienone is 2. The van der Waals surface area contributed by atoms with Crippen molar-refractivity contribution in [2.24, 2.45) is 0 Å². The van der Waals surface area contributed by atoms with E-state index >= 15 is 0 Å². The van der Waals surface area contributed by atoms with Gasteiger partial charge in [-0.2, -0.15) is 15.8 Å². The molecule has 2 fully saturated rings. The van der Waals surface area contributed by atoms with Crippen molar-refractivity contribution < 1.29 is 17.1 Å². The Balaban J connectivity index is 0.000000454. The zero-order valence-electron chi connectivity index (χ0n) is 9.89. The van der Waals surface area contributed by atoms with Gasteiger partial charge in [0, 0.05) is 5.92 Å². The fourth-order valence-corrected chi connectivity index (χ4v) is 1.26. The molecule has 0 saturated heterocycles. The molecule has 3 nitrogen and oxygen atoms in total. The zero-order valence-corrected chi connectivity index (χ0v) is 11.0. The number of rotatable bonds is 1. The van der Waals surface area contributed by atoms with Gasteiger partial charge in [0.15, 0.2) is 0 Å². The summed E-state index contributed by atoms with van der Waals surface area (Å²) in [6.45, 7) is 0. The van der Waals surface area contributed by atoms with Crippen molar-refractivity contribution in [1.29, 1.82) is 15.8 Å². The van der Waals surface area contributed by atoms with E-state index in [0.29, 0.717) is 5.92 Å². The standard InChI is InChI=1S/C10H4N3.C5H5.Fe/c11-5-9(6-12)10(7-13)8-3-1-2-4-8;1-2-4-5-3-1;/h1-4H;1-5H;/q;;+2. The fourth-order valence-electron chi connectivity index (χ4n) is 1.26. The Labute approximate surface area is 126 Å². The molecule has 0 spiro atoms. The van der Waals surface area contributed by atoms with E-state index in [-0.39, 0.29) is 28.2 Å². The van der Waals surface area contributed by atoms with Crippen molar-refractivity contribution in [3.8, 4) is 18.2 Å². The predicted octanol–water partition coefficient (Wildman–Crippen LogP) is 2.28. The molecule has 0 bridgehead atoms. The van der Waals surface area contributed by atoms with E-state index in [9.17, 15) is 0 Å². The van der Waals surface area contributed by atoms with Crippen LogP contribution >= 0.6 is 0 Å². The summed E-state index contributed by atoms with van der Waals surface area (Å²) in [5.74, 6) is 0.612. The molecule has 0 aromatic heterocycles. The minimum atomic E-state index is -0.145. The second-order valence-electron chi connectivity index (χ2n) is 3.22. The van der Waals surface area contributed by atoms with Crippen LogP contribution in [0.4, 0.5) is 0 Å². The van der Waals surface area contributed by atoms with Crippen molar-refractivity contribution in [3.05, 3.63) is 74.9 Å². The van der Waals surface area contributed by atoms with Crippen LogP contribution in [0.3, 0.4) is 0 Å². The molecule has 0 amide bonds. The predicted molar refractivity (Wildman–Crippen MR) is 65.8 cm³/mol. The molecule has 0 aromatic rings. The Bertz CT molecular complexity index is 387. The first-order chi connectivity index (χ1) is 8.83. The maximum absolute atomic E-state index is 8.72. The van der Waals surface area contributed by atoms with E-state index in [1.54, 1.807) is 37.8 Å². The largest absolute Gasteiger partial charge is 2.00 e. The minimum absolute atomic E-state index is 0. The van der Waals surface area contributed by atoms with Crippen LogP contribution in [0, 0.1) is 97.7 Å². The van der Waals surface area contributed by atoms with Gasteiger partial charge in [-0.15, -0.1) is 0 Å². The van der Waals surface area contributed by atoms with Gasteiger partial charge in [-0.3, -0.25) is 0 Å². The number of hydrogen-bond acceptors (Lipinski definition) is 3. The van der Waals surface area contributed by atoms with E-state index in [4.69, 9.17) is 15.8 Å². The third kappa shape index (κ3) is 5.94. The number of hydrogen-bond donors (Lipinski definition) is 0. The molecule has 2 saturated carbocycles. The van der Waals surface area contributed by atoms with E-state index in [0.717, 1.165) is 0 Å². The third-order valence-corrected chi connectivity index (χ3v) is 2.09. The minimum Gasteiger partial charge on any atom is -0.193 e. The maximum Gasteiger partial charge on any atom is 2.00 e. The molecule has 2 aliphatic rings. The number of nitriles is 3. The van der Waals surface area contributed by atoms with Crippen molar-refractivity contribution >= 4 is 0 Å². The molecule has 0 aliphatic heterocycles. The van der Waals surface area contributed by atoms with Crippen LogP contribution in [-0.2, 0) is 17.1 Å². The molecule has 0 heterocycles. The Morgan fingerprint density at radius 1 is 0.684 bits per heavy atom. The summed E-state index contributed by atoms with van der Waals surface area (Å²) < 4.78 is 0. The monoisotopic (exact) mass is 287 g/mol. The number of nitrogens with zero attached hydrogens (tertiary/aromatic N) is 3. The first kappa shape index (κ1) is 17.7. The molecule has 0 unspecified atom stereocenters. The SMILES string of the molecule is N#CC(C#N)=C(C#N)[C]1[CH][CH][CH][CH]1.[CH]1[CH][CH][CH][CH]1.[Fe+2]. The van der Waals surface area contributed by atoms with E-state index in [1.165, 1.54) is 0 Å². The molecular formula is C15H9FeN3+2. The smallest absolute Gasteiger partial charge is 0.193 e. The van der Waals surface area contributed by atoms with Crippen LogP contribution in [0.1, 0.15) is 0 Å². The summed E-state index contributed by atoms with van der Waals surface area (Å²) in [6.07, 6.45) is 16.9. The van der Waals surface area contributed by atoms with E-state index in [2.05, 4.69) is 0 Å². The quantitative estimate of drug-likeness (QED) is 0.548. The van der Waals surface area contributed by atoms with Gasteiger partial charge in [0.1, 0.15) is 17.7 Å². The van der Waals surface area contributed by atoms with Gasteiger partial charge >= 0.3 is 17.1 Å². The van der Waals surface area contributed by atoms with Crippen molar-refractivity contribution in [2.75, 3.05) is 0 Å². The molecule has 0 aromatic carbocycles. The van der Waals surface area contributed by atoms with Crippen molar-refractivity contribution in [3.63, 3.8) is 0 Å². The first-order valence-electron chi connectivity index (χ1n) is 5.16. The normalized spacial score (nSPS) is 16.9. The second kappa shape index (κ2) is 10.6. The van der Waals surface area contributed by atoms with E-state index < -0.39 is 0 Å². The topological polar surface area (TPSA) is 71.4 Å². The molecule has 0 atom stereocenters. The van der Waals surface area contributed by atoms with Gasteiger partial charge in [0.05, 0.1) is 11.6 Å². The maximum atomic E-state index is 8.72. The van der Waals surface area contributed by atoms with Crippen LogP contribution < -0.4 is 0 Å². The summed E-state index contributed by atoms with van der Waals surface area (Å²) in [5.41, 5.74) is -0.0105. The van der Waals surface area contributed by atoms with Crippen LogP contribution in [0.25, 0.3) is 0 Å². The Hall–Kier alpha value is -1.27. The Morgan fingerprint density at radius 3 is 1.42 bits per heavy atom. The average molecular weight is 287 g/mol. The molecule has 19 heavy (non-hydrogen) atoms. The summed E-state index contributed by atoms with van der Waals surface area (Å²) in [6, 6.07) is 5.22. The van der Waals surface area contributed by atoms with Gasteiger partial charge in [0.2, 0.25) is 0 Å². The molecule has 4 heteroatoms. The molecule has 0 N–H and O–H groups in total. The molecule has 10 radical (unpaired) electrons. The van der Waals surface area contributed by atoms with Crippen LogP contribution in [0.15, 0.2) is 11.1 Å². The molecule has 90 valence electrons. The first-order valence-corrected chi connectivity index (χ1v) is 5.16. The third-order valence-electron chi connectivity index (χ3n) is 2.09. The van der Waals surface area contributed by atoms with Crippen molar-refractivity contribution in [1.82, 2.24) is 0 Å². The van der Waals surface area contributed by atoms with E-state index in [1.807, 2.05) is 38.2 Å². The molecular weight excluding hydrogens is 278 g/mol. The van der Waals surface area contributed by atoms with Gasteiger partial charge in [-0.1, -0.05) is 0 Å². The molecule has 2 aliphatic carbocycles. The van der Waals surface area contributed by atoms with Crippen LogP contribution in [0.2, 0.25) is 0 Å². The van der Waals surface area contributed by atoms with Gasteiger partial charge in [-0.05, 0) is 57.8 Å². The summed E-state index contributed by atoms with van der Waals surface area (Å²) >= 11 is 0. The Morgan fingerprint density at radius 2 is 1.11 bits per heavy atom. The second-order valence-corrected chi connectivity index (χ2v) is 3.22. The summed E-state index contributed by atoms with van der Waals surface area (Å²) in [7, 11) is 0.